The lowest BCUT2D eigenvalue weighted by atomic mass is 10.0. The van der Waals surface area contributed by atoms with Gasteiger partial charge in [0.1, 0.15) is 11.5 Å². The van der Waals surface area contributed by atoms with Crippen molar-refractivity contribution in [3.8, 4) is 11.5 Å². The van der Waals surface area contributed by atoms with E-state index >= 15 is 4.57 Å². The average molecular weight is 563 g/mol. The standard InChI is InChI=1S/C34H43O5P/c1-20(2)18-38-28-11-12-30(29(17-28)39-19-21(3)4)40(37,33(35)31-24(7)13-22(5)14-25(31)8)34(36)32-26(9)15-23(6)16-27(32)10/h11-17,20-21H,18-19H2,1-10H3. The highest BCUT2D eigenvalue weighted by Crippen LogP contribution is 2.55. The van der Waals surface area contributed by atoms with Crippen LogP contribution in [0.15, 0.2) is 42.5 Å². The van der Waals surface area contributed by atoms with E-state index in [1.807, 2.05) is 79.7 Å². The first kappa shape index (κ1) is 31.4. The summed E-state index contributed by atoms with van der Waals surface area (Å²) in [5.74, 6) is 1.24. The zero-order valence-corrected chi connectivity index (χ0v) is 26.5. The van der Waals surface area contributed by atoms with Gasteiger partial charge in [-0.3, -0.25) is 9.59 Å². The predicted molar refractivity (Wildman–Crippen MR) is 164 cm³/mol. The molecule has 6 heteroatoms. The van der Waals surface area contributed by atoms with Crippen molar-refractivity contribution in [2.75, 3.05) is 13.2 Å². The molecule has 0 fully saturated rings. The Balaban J connectivity index is 2.36. The van der Waals surface area contributed by atoms with Gasteiger partial charge in [0, 0.05) is 17.2 Å². The average Bonchev–Trinajstić information content (AvgIpc) is 2.84. The molecule has 0 saturated carbocycles. The minimum absolute atomic E-state index is 0.110. The zero-order chi connectivity index (χ0) is 29.9. The first-order valence-corrected chi connectivity index (χ1v) is 15.6. The van der Waals surface area contributed by atoms with Crippen LogP contribution in [0.1, 0.15) is 81.8 Å². The molecule has 0 bridgehead atoms. The van der Waals surface area contributed by atoms with Crippen molar-refractivity contribution in [1.82, 2.24) is 0 Å². The largest absolute Gasteiger partial charge is 0.493 e. The summed E-state index contributed by atoms with van der Waals surface area (Å²) in [6, 6.07) is 12.5. The number of aryl methyl sites for hydroxylation is 6. The van der Waals surface area contributed by atoms with Gasteiger partial charge in [-0.05, 0) is 87.8 Å². The Morgan fingerprint density at radius 1 is 0.650 bits per heavy atom. The summed E-state index contributed by atoms with van der Waals surface area (Å²) >= 11 is 0. The summed E-state index contributed by atoms with van der Waals surface area (Å²) in [6.45, 7) is 20.1. The molecule has 0 aliphatic rings. The molecule has 0 saturated heterocycles. The van der Waals surface area contributed by atoms with E-state index in [1.165, 1.54) is 0 Å². The Labute approximate surface area is 239 Å². The fourth-order valence-corrected chi connectivity index (χ4v) is 7.82. The van der Waals surface area contributed by atoms with Gasteiger partial charge >= 0.3 is 0 Å². The molecule has 0 spiro atoms. The molecule has 0 aliphatic carbocycles. The molecular formula is C34H43O5P. The molecule has 0 aliphatic heterocycles. The van der Waals surface area contributed by atoms with E-state index in [1.54, 1.807) is 18.2 Å². The third-order valence-electron chi connectivity index (χ3n) is 6.78. The number of ether oxygens (including phenoxy) is 2. The van der Waals surface area contributed by atoms with Crippen LogP contribution in [-0.4, -0.2) is 24.3 Å². The van der Waals surface area contributed by atoms with E-state index in [9.17, 15) is 9.59 Å². The summed E-state index contributed by atoms with van der Waals surface area (Å²) in [7, 11) is -4.45. The van der Waals surface area contributed by atoms with Crippen LogP contribution in [0.3, 0.4) is 0 Å². The second kappa shape index (κ2) is 12.6. The van der Waals surface area contributed by atoms with E-state index in [0.717, 1.165) is 11.1 Å². The SMILES string of the molecule is Cc1cc(C)c(C(=O)P(=O)(C(=O)c2c(C)cc(C)cc2C)c2ccc(OCC(C)C)cc2OCC(C)C)c(C)c1. The maximum Gasteiger partial charge on any atom is 0.252 e. The van der Waals surface area contributed by atoms with Crippen molar-refractivity contribution in [2.45, 2.75) is 69.2 Å². The van der Waals surface area contributed by atoms with Gasteiger partial charge in [-0.2, -0.15) is 0 Å². The summed E-state index contributed by atoms with van der Waals surface area (Å²) in [6.07, 6.45) is 0. The van der Waals surface area contributed by atoms with Crippen LogP contribution < -0.4 is 14.8 Å². The Morgan fingerprint density at radius 2 is 1.05 bits per heavy atom. The number of benzene rings is 3. The second-order valence-electron chi connectivity index (χ2n) is 11.8. The van der Waals surface area contributed by atoms with Crippen molar-refractivity contribution in [3.63, 3.8) is 0 Å². The van der Waals surface area contributed by atoms with Crippen molar-refractivity contribution >= 4 is 23.5 Å². The third-order valence-corrected chi connectivity index (χ3v) is 9.42. The molecular weight excluding hydrogens is 519 g/mol. The van der Waals surface area contributed by atoms with Gasteiger partial charge in [0.25, 0.3) is 7.14 Å². The molecule has 3 aromatic rings. The summed E-state index contributed by atoms with van der Waals surface area (Å²) in [4.78, 5) is 29.1. The van der Waals surface area contributed by atoms with Crippen molar-refractivity contribution in [2.24, 2.45) is 11.8 Å². The number of carbonyl (C=O) groups excluding carboxylic acids is 2. The number of rotatable bonds is 11. The number of carbonyl (C=O) groups is 2. The Morgan fingerprint density at radius 3 is 1.45 bits per heavy atom. The van der Waals surface area contributed by atoms with Crippen molar-refractivity contribution in [1.29, 1.82) is 0 Å². The predicted octanol–water partition coefficient (Wildman–Crippen LogP) is 8.28. The molecule has 3 aromatic carbocycles. The number of hydrogen-bond acceptors (Lipinski definition) is 5. The van der Waals surface area contributed by atoms with Gasteiger partial charge in [-0.25, -0.2) is 0 Å². The van der Waals surface area contributed by atoms with E-state index < -0.39 is 18.2 Å². The highest BCUT2D eigenvalue weighted by atomic mass is 31.2. The lowest BCUT2D eigenvalue weighted by Crippen LogP contribution is -2.25. The molecule has 0 aromatic heterocycles. The monoisotopic (exact) mass is 562 g/mol. The topological polar surface area (TPSA) is 69.7 Å². The van der Waals surface area contributed by atoms with Crippen LogP contribution in [0.2, 0.25) is 0 Å². The maximum absolute atomic E-state index is 15.4. The van der Waals surface area contributed by atoms with Gasteiger partial charge in [0.15, 0.2) is 0 Å². The first-order valence-electron chi connectivity index (χ1n) is 13.9. The fourth-order valence-electron chi connectivity index (χ4n) is 5.14. The molecule has 5 nitrogen and oxygen atoms in total. The molecule has 3 rings (SSSR count). The maximum atomic E-state index is 15.4. The van der Waals surface area contributed by atoms with Crippen molar-refractivity contribution < 1.29 is 23.6 Å². The lowest BCUT2D eigenvalue weighted by Gasteiger charge is -2.24. The molecule has 0 atom stereocenters. The van der Waals surface area contributed by atoms with E-state index in [4.69, 9.17) is 9.47 Å². The van der Waals surface area contributed by atoms with Crippen molar-refractivity contribution in [3.05, 3.63) is 87.0 Å². The highest BCUT2D eigenvalue weighted by Gasteiger charge is 2.46. The molecule has 0 radical (unpaired) electrons. The first-order chi connectivity index (χ1) is 18.7. The Kier molecular flexibility index (Phi) is 9.85. The minimum atomic E-state index is -4.45. The summed E-state index contributed by atoms with van der Waals surface area (Å²) < 4.78 is 27.5. The van der Waals surface area contributed by atoms with Gasteiger partial charge in [-0.15, -0.1) is 0 Å². The van der Waals surface area contributed by atoms with Crippen LogP contribution in [0.25, 0.3) is 0 Å². The normalized spacial score (nSPS) is 11.7. The van der Waals surface area contributed by atoms with E-state index in [-0.39, 0.29) is 17.0 Å². The van der Waals surface area contributed by atoms with Gasteiger partial charge in [-0.1, -0.05) is 63.1 Å². The van der Waals surface area contributed by atoms with Gasteiger partial charge in [0.2, 0.25) is 11.0 Å². The zero-order valence-electron chi connectivity index (χ0n) is 25.6. The minimum Gasteiger partial charge on any atom is -0.493 e. The van der Waals surface area contributed by atoms with Crippen LogP contribution in [0.5, 0.6) is 11.5 Å². The Hall–Kier alpha value is -3.17. The molecule has 214 valence electrons. The summed E-state index contributed by atoms with van der Waals surface area (Å²) in [5, 5.41) is 0.110. The highest BCUT2D eigenvalue weighted by molar-refractivity contribution is 8.01. The van der Waals surface area contributed by atoms with Crippen LogP contribution in [-0.2, 0) is 4.57 Å². The fraction of sp³-hybridized carbons (Fsp3) is 0.412. The summed E-state index contributed by atoms with van der Waals surface area (Å²) in [5.41, 5.74) is 4.04. The quantitative estimate of drug-likeness (QED) is 0.220. The molecule has 0 N–H and O–H groups in total. The van der Waals surface area contributed by atoms with E-state index in [2.05, 4.69) is 13.8 Å². The van der Waals surface area contributed by atoms with Crippen LogP contribution in [0, 0.1) is 53.4 Å². The van der Waals surface area contributed by atoms with Gasteiger partial charge in [0.05, 0.1) is 18.5 Å². The second-order valence-corrected chi connectivity index (χ2v) is 14.3. The van der Waals surface area contributed by atoms with E-state index in [0.29, 0.717) is 58.3 Å². The smallest absolute Gasteiger partial charge is 0.252 e. The third kappa shape index (κ3) is 6.58. The molecule has 0 amide bonds. The van der Waals surface area contributed by atoms with Crippen LogP contribution >= 0.6 is 7.14 Å². The van der Waals surface area contributed by atoms with Crippen LogP contribution in [0.4, 0.5) is 0 Å². The molecule has 0 unspecified atom stereocenters. The number of hydrogen-bond donors (Lipinski definition) is 0. The Bertz CT molecular complexity index is 1360. The molecule has 40 heavy (non-hydrogen) atoms. The van der Waals surface area contributed by atoms with Gasteiger partial charge < -0.3 is 14.0 Å². The lowest BCUT2D eigenvalue weighted by molar-refractivity contribution is 0.103. The molecule has 0 heterocycles.